The Balaban J connectivity index is 1.87. The first-order valence-electron chi connectivity index (χ1n) is 9.07. The Morgan fingerprint density at radius 3 is 1.93 bits per heavy atom. The molecule has 1 aromatic rings. The molecule has 154 valence electrons. The number of likely N-dealkylation sites (N-methyl/N-ethyl adjacent to an activating group) is 1. The highest BCUT2D eigenvalue weighted by Crippen LogP contribution is 2.02. The lowest BCUT2D eigenvalue weighted by molar-refractivity contribution is -0.00687. The third kappa shape index (κ3) is 13.2. The van der Waals surface area contributed by atoms with E-state index in [9.17, 15) is 4.79 Å². The highest BCUT2D eigenvalue weighted by Gasteiger charge is 2.09. The standard InChI is InChI=1S/C19H31NO7/c1-20(19(22)27-17-18-5-3-2-4-6-18)7-9-23-11-13-25-15-16-26-14-12-24-10-8-21/h2-6,21H,7-17H2,1H3. The Bertz CT molecular complexity index is 472. The second kappa shape index (κ2) is 16.5. The first-order chi connectivity index (χ1) is 13.2. The Morgan fingerprint density at radius 1 is 0.852 bits per heavy atom. The lowest BCUT2D eigenvalue weighted by Gasteiger charge is -2.17. The summed E-state index contributed by atoms with van der Waals surface area (Å²) in [7, 11) is 1.68. The Labute approximate surface area is 160 Å². The van der Waals surface area contributed by atoms with E-state index in [1.807, 2.05) is 30.3 Å². The minimum atomic E-state index is -0.376. The van der Waals surface area contributed by atoms with Gasteiger partial charge in [-0.25, -0.2) is 4.79 Å². The first-order valence-corrected chi connectivity index (χ1v) is 9.07. The molecule has 0 aliphatic carbocycles. The highest BCUT2D eigenvalue weighted by molar-refractivity contribution is 5.67. The molecule has 0 fully saturated rings. The zero-order valence-corrected chi connectivity index (χ0v) is 16.0. The largest absolute Gasteiger partial charge is 0.445 e. The molecule has 1 amide bonds. The fourth-order valence-corrected chi connectivity index (χ4v) is 1.95. The molecule has 27 heavy (non-hydrogen) atoms. The van der Waals surface area contributed by atoms with Crippen LogP contribution in [0.1, 0.15) is 5.56 Å². The highest BCUT2D eigenvalue weighted by atomic mass is 16.6. The number of hydrogen-bond acceptors (Lipinski definition) is 7. The van der Waals surface area contributed by atoms with Crippen LogP contribution in [0.25, 0.3) is 0 Å². The smallest absolute Gasteiger partial charge is 0.409 e. The van der Waals surface area contributed by atoms with E-state index in [0.717, 1.165) is 5.56 Å². The van der Waals surface area contributed by atoms with Gasteiger partial charge in [0, 0.05) is 13.6 Å². The predicted octanol–water partition coefficient (Wildman–Crippen LogP) is 1.31. The lowest BCUT2D eigenvalue weighted by Crippen LogP contribution is -2.31. The van der Waals surface area contributed by atoms with Crippen molar-refractivity contribution in [2.45, 2.75) is 6.61 Å². The summed E-state index contributed by atoms with van der Waals surface area (Å²) in [6.45, 7) is 4.30. The van der Waals surface area contributed by atoms with E-state index in [2.05, 4.69) is 0 Å². The van der Waals surface area contributed by atoms with Crippen LogP contribution in [-0.4, -0.2) is 89.2 Å². The second-order valence-electron chi connectivity index (χ2n) is 5.63. The molecule has 0 aliphatic rings. The van der Waals surface area contributed by atoms with Crippen LogP contribution in [0.5, 0.6) is 0 Å². The van der Waals surface area contributed by atoms with Crippen molar-refractivity contribution in [3.05, 3.63) is 35.9 Å². The van der Waals surface area contributed by atoms with Crippen LogP contribution in [-0.2, 0) is 30.3 Å². The lowest BCUT2D eigenvalue weighted by atomic mass is 10.2. The van der Waals surface area contributed by atoms with Crippen LogP contribution < -0.4 is 0 Å². The summed E-state index contributed by atoms with van der Waals surface area (Å²) < 4.78 is 26.4. The van der Waals surface area contributed by atoms with Gasteiger partial charge in [0.1, 0.15) is 6.61 Å². The molecule has 8 heteroatoms. The van der Waals surface area contributed by atoms with Gasteiger partial charge in [-0.3, -0.25) is 0 Å². The number of amides is 1. The quantitative estimate of drug-likeness (QED) is 0.429. The van der Waals surface area contributed by atoms with E-state index in [0.29, 0.717) is 59.4 Å². The third-order valence-corrected chi connectivity index (χ3v) is 3.44. The maximum Gasteiger partial charge on any atom is 0.409 e. The van der Waals surface area contributed by atoms with Gasteiger partial charge >= 0.3 is 6.09 Å². The Morgan fingerprint density at radius 2 is 1.37 bits per heavy atom. The van der Waals surface area contributed by atoms with Crippen LogP contribution in [0.2, 0.25) is 0 Å². The van der Waals surface area contributed by atoms with Crippen LogP contribution in [0, 0.1) is 0 Å². The van der Waals surface area contributed by atoms with Crippen molar-refractivity contribution in [1.29, 1.82) is 0 Å². The van der Waals surface area contributed by atoms with Crippen molar-refractivity contribution in [3.63, 3.8) is 0 Å². The molecule has 8 nitrogen and oxygen atoms in total. The molecule has 0 radical (unpaired) electrons. The number of ether oxygens (including phenoxy) is 5. The van der Waals surface area contributed by atoms with E-state index in [-0.39, 0.29) is 19.3 Å². The van der Waals surface area contributed by atoms with Crippen molar-refractivity contribution in [2.24, 2.45) is 0 Å². The minimum absolute atomic E-state index is 0.0216. The van der Waals surface area contributed by atoms with Crippen molar-refractivity contribution in [3.8, 4) is 0 Å². The average Bonchev–Trinajstić information content (AvgIpc) is 2.70. The van der Waals surface area contributed by atoms with E-state index < -0.39 is 0 Å². The summed E-state index contributed by atoms with van der Waals surface area (Å²) >= 11 is 0. The number of hydrogen-bond donors (Lipinski definition) is 1. The zero-order valence-electron chi connectivity index (χ0n) is 16.0. The minimum Gasteiger partial charge on any atom is -0.445 e. The summed E-state index contributed by atoms with van der Waals surface area (Å²) in [5, 5.41) is 8.53. The zero-order chi connectivity index (χ0) is 19.6. The Hall–Kier alpha value is -1.71. The molecule has 0 saturated heterocycles. The fraction of sp³-hybridized carbons (Fsp3) is 0.632. The summed E-state index contributed by atoms with van der Waals surface area (Å²) in [5.74, 6) is 0. The summed E-state index contributed by atoms with van der Waals surface area (Å²) in [5.41, 5.74) is 0.953. The van der Waals surface area contributed by atoms with Crippen LogP contribution in [0.3, 0.4) is 0 Å². The van der Waals surface area contributed by atoms with Crippen molar-refractivity contribution >= 4 is 6.09 Å². The van der Waals surface area contributed by atoms with Gasteiger partial charge < -0.3 is 33.7 Å². The van der Waals surface area contributed by atoms with Gasteiger partial charge in [-0.1, -0.05) is 30.3 Å². The number of carbonyl (C=O) groups excluding carboxylic acids is 1. The normalized spacial score (nSPS) is 10.7. The van der Waals surface area contributed by atoms with E-state index in [1.54, 1.807) is 7.05 Å². The molecule has 0 saturated carbocycles. The third-order valence-electron chi connectivity index (χ3n) is 3.44. The summed E-state index contributed by atoms with van der Waals surface area (Å²) in [6.07, 6.45) is -0.376. The van der Waals surface area contributed by atoms with Crippen LogP contribution in [0.15, 0.2) is 30.3 Å². The molecule has 0 aromatic heterocycles. The van der Waals surface area contributed by atoms with Crippen molar-refractivity contribution in [2.75, 3.05) is 73.1 Å². The molecule has 0 aliphatic heterocycles. The van der Waals surface area contributed by atoms with Gasteiger partial charge in [-0.15, -0.1) is 0 Å². The molecule has 1 N–H and O–H groups in total. The van der Waals surface area contributed by atoms with Gasteiger partial charge in [0.15, 0.2) is 0 Å². The van der Waals surface area contributed by atoms with Crippen molar-refractivity contribution < 1.29 is 33.6 Å². The SMILES string of the molecule is CN(CCOCCOCCOCCOCCO)C(=O)OCc1ccccc1. The molecule has 0 unspecified atom stereocenters. The molecular weight excluding hydrogens is 354 g/mol. The number of aliphatic hydroxyl groups excluding tert-OH is 1. The second-order valence-corrected chi connectivity index (χ2v) is 5.63. The van der Waals surface area contributed by atoms with Gasteiger partial charge in [0.2, 0.25) is 0 Å². The first kappa shape index (κ1) is 23.3. The number of benzene rings is 1. The maximum atomic E-state index is 11.9. The molecular formula is C19H31NO7. The topological polar surface area (TPSA) is 86.7 Å². The molecule has 0 atom stereocenters. The fourth-order valence-electron chi connectivity index (χ4n) is 1.95. The van der Waals surface area contributed by atoms with Crippen LogP contribution in [0.4, 0.5) is 4.79 Å². The van der Waals surface area contributed by atoms with E-state index in [1.165, 1.54) is 4.90 Å². The predicted molar refractivity (Wildman–Crippen MR) is 99.6 cm³/mol. The van der Waals surface area contributed by atoms with Gasteiger partial charge in [0.25, 0.3) is 0 Å². The number of carbonyl (C=O) groups is 1. The monoisotopic (exact) mass is 385 g/mol. The molecule has 0 spiro atoms. The van der Waals surface area contributed by atoms with Gasteiger partial charge in [-0.2, -0.15) is 0 Å². The number of nitrogens with zero attached hydrogens (tertiary/aromatic N) is 1. The molecule has 1 aromatic carbocycles. The number of aliphatic hydroxyl groups is 1. The van der Waals surface area contributed by atoms with Gasteiger partial charge in [-0.05, 0) is 5.56 Å². The van der Waals surface area contributed by atoms with Crippen molar-refractivity contribution in [1.82, 2.24) is 4.90 Å². The molecule has 0 bridgehead atoms. The van der Waals surface area contributed by atoms with E-state index in [4.69, 9.17) is 28.8 Å². The molecule has 0 heterocycles. The summed E-state index contributed by atoms with van der Waals surface area (Å²) in [6, 6.07) is 9.55. The Kier molecular flexibility index (Phi) is 14.2. The number of rotatable bonds is 16. The van der Waals surface area contributed by atoms with E-state index >= 15 is 0 Å². The molecule has 1 rings (SSSR count). The van der Waals surface area contributed by atoms with Crippen LogP contribution >= 0.6 is 0 Å². The summed E-state index contributed by atoms with van der Waals surface area (Å²) in [4.78, 5) is 13.3. The van der Waals surface area contributed by atoms with Gasteiger partial charge in [0.05, 0.1) is 59.5 Å². The maximum absolute atomic E-state index is 11.9. The average molecular weight is 385 g/mol.